The summed E-state index contributed by atoms with van der Waals surface area (Å²) in [5.41, 5.74) is 0.0430. The Hall–Kier alpha value is -2.90. The molecule has 0 aliphatic heterocycles. The van der Waals surface area contributed by atoms with Gasteiger partial charge in [0.2, 0.25) is 5.91 Å². The third-order valence-electron chi connectivity index (χ3n) is 4.64. The summed E-state index contributed by atoms with van der Waals surface area (Å²) in [6.07, 6.45) is 10.0. The van der Waals surface area contributed by atoms with Crippen LogP contribution in [0, 0.1) is 0 Å². The van der Waals surface area contributed by atoms with Crippen LogP contribution in [-0.2, 0) is 11.3 Å². The molecule has 8 heteroatoms. The summed E-state index contributed by atoms with van der Waals surface area (Å²) < 4.78 is 1.81. The first kappa shape index (κ1) is 17.9. The maximum atomic E-state index is 12.9. The highest BCUT2D eigenvalue weighted by Gasteiger charge is 2.42. The Morgan fingerprint density at radius 3 is 2.73 bits per heavy atom. The van der Waals surface area contributed by atoms with E-state index in [1.807, 2.05) is 25.3 Å². The minimum atomic E-state index is -0.837. The van der Waals surface area contributed by atoms with Gasteiger partial charge < -0.3 is 16.0 Å². The number of carbonyl (C=O) groups excluding carboxylic acids is 2. The van der Waals surface area contributed by atoms with Crippen LogP contribution in [0.5, 0.6) is 0 Å². The molecule has 138 valence electrons. The number of hydrogen-bond acceptors (Lipinski definition) is 4. The molecule has 0 radical (unpaired) electrons. The number of rotatable bonds is 6. The standard InChI is InChI=1S/C18H24N6O2/c1-2-20-17(26)23-18(7-3-4-8-18)16(25)22-12-14-6-5-9-21-15(14)24-11-10-19-13-24/h5-6,9-11,13H,2-4,7-8,12H2,1H3,(H,22,25)(H2,20,23,26). The van der Waals surface area contributed by atoms with Crippen molar-refractivity contribution in [2.45, 2.75) is 44.7 Å². The lowest BCUT2D eigenvalue weighted by Crippen LogP contribution is -2.59. The number of urea groups is 1. The molecular weight excluding hydrogens is 332 g/mol. The van der Waals surface area contributed by atoms with Crippen LogP contribution in [0.2, 0.25) is 0 Å². The molecule has 2 aromatic rings. The summed E-state index contributed by atoms with van der Waals surface area (Å²) >= 11 is 0. The summed E-state index contributed by atoms with van der Waals surface area (Å²) in [7, 11) is 0. The molecule has 8 nitrogen and oxygen atoms in total. The number of amides is 3. The monoisotopic (exact) mass is 356 g/mol. The molecule has 1 aliphatic rings. The molecule has 3 N–H and O–H groups in total. The number of hydrogen-bond donors (Lipinski definition) is 3. The van der Waals surface area contributed by atoms with E-state index in [0.717, 1.165) is 24.2 Å². The fraction of sp³-hybridized carbons (Fsp3) is 0.444. The summed E-state index contributed by atoms with van der Waals surface area (Å²) in [6, 6.07) is 3.45. The highest BCUT2D eigenvalue weighted by atomic mass is 16.2. The maximum Gasteiger partial charge on any atom is 0.315 e. The van der Waals surface area contributed by atoms with Crippen LogP contribution < -0.4 is 16.0 Å². The molecule has 1 aliphatic carbocycles. The number of pyridine rings is 1. The lowest BCUT2D eigenvalue weighted by Gasteiger charge is -2.29. The Kier molecular flexibility index (Phi) is 5.50. The highest BCUT2D eigenvalue weighted by Crippen LogP contribution is 2.30. The van der Waals surface area contributed by atoms with Crippen LogP contribution in [0.4, 0.5) is 4.79 Å². The van der Waals surface area contributed by atoms with E-state index in [1.54, 1.807) is 23.3 Å². The smallest absolute Gasteiger partial charge is 0.315 e. The van der Waals surface area contributed by atoms with E-state index in [-0.39, 0.29) is 11.9 Å². The summed E-state index contributed by atoms with van der Waals surface area (Å²) in [4.78, 5) is 33.3. The highest BCUT2D eigenvalue weighted by molar-refractivity contribution is 5.91. The van der Waals surface area contributed by atoms with Crippen molar-refractivity contribution in [3.05, 3.63) is 42.6 Å². The van der Waals surface area contributed by atoms with Crippen molar-refractivity contribution in [2.24, 2.45) is 0 Å². The van der Waals surface area contributed by atoms with Crippen molar-refractivity contribution in [3.8, 4) is 5.82 Å². The molecule has 0 saturated heterocycles. The van der Waals surface area contributed by atoms with E-state index < -0.39 is 5.54 Å². The zero-order valence-electron chi connectivity index (χ0n) is 14.9. The minimum Gasteiger partial charge on any atom is -0.350 e. The molecule has 26 heavy (non-hydrogen) atoms. The second-order valence-electron chi connectivity index (χ2n) is 6.41. The van der Waals surface area contributed by atoms with E-state index in [9.17, 15) is 9.59 Å². The zero-order valence-corrected chi connectivity index (χ0v) is 14.9. The van der Waals surface area contributed by atoms with Crippen molar-refractivity contribution < 1.29 is 9.59 Å². The molecule has 0 bridgehead atoms. The fourth-order valence-corrected chi connectivity index (χ4v) is 3.34. The Labute approximate surface area is 152 Å². The van der Waals surface area contributed by atoms with Gasteiger partial charge in [-0.2, -0.15) is 0 Å². The minimum absolute atomic E-state index is 0.151. The van der Waals surface area contributed by atoms with Crippen LogP contribution >= 0.6 is 0 Å². The quantitative estimate of drug-likeness (QED) is 0.730. The second kappa shape index (κ2) is 7.99. The Morgan fingerprint density at radius 2 is 2.04 bits per heavy atom. The predicted molar refractivity (Wildman–Crippen MR) is 96.6 cm³/mol. The summed E-state index contributed by atoms with van der Waals surface area (Å²) in [5, 5.41) is 8.56. The molecule has 3 amide bonds. The number of carbonyl (C=O) groups is 2. The second-order valence-corrected chi connectivity index (χ2v) is 6.41. The zero-order chi connectivity index (χ0) is 18.4. The van der Waals surface area contributed by atoms with Gasteiger partial charge in [-0.3, -0.25) is 9.36 Å². The van der Waals surface area contributed by atoms with Crippen LogP contribution in [0.1, 0.15) is 38.2 Å². The molecular formula is C18H24N6O2. The Balaban J connectivity index is 1.71. The Bertz CT molecular complexity index is 753. The van der Waals surface area contributed by atoms with Gasteiger partial charge in [0, 0.05) is 37.2 Å². The molecule has 1 saturated carbocycles. The molecule has 2 heterocycles. The maximum absolute atomic E-state index is 12.9. The van der Waals surface area contributed by atoms with Gasteiger partial charge in [-0.15, -0.1) is 0 Å². The molecule has 0 aromatic carbocycles. The van der Waals surface area contributed by atoms with Crippen molar-refractivity contribution in [1.82, 2.24) is 30.5 Å². The van der Waals surface area contributed by atoms with E-state index >= 15 is 0 Å². The largest absolute Gasteiger partial charge is 0.350 e. The van der Waals surface area contributed by atoms with Gasteiger partial charge in [-0.1, -0.05) is 18.9 Å². The molecule has 1 fully saturated rings. The van der Waals surface area contributed by atoms with Gasteiger partial charge in [-0.05, 0) is 25.8 Å². The van der Waals surface area contributed by atoms with Gasteiger partial charge >= 0.3 is 6.03 Å². The predicted octanol–water partition coefficient (Wildman–Crippen LogP) is 1.52. The Morgan fingerprint density at radius 1 is 1.23 bits per heavy atom. The molecule has 0 spiro atoms. The number of nitrogens with one attached hydrogen (secondary N) is 3. The molecule has 3 rings (SSSR count). The van der Waals surface area contributed by atoms with Gasteiger partial charge in [0.25, 0.3) is 0 Å². The fourth-order valence-electron chi connectivity index (χ4n) is 3.34. The third kappa shape index (κ3) is 3.84. The number of aromatic nitrogens is 3. The lowest BCUT2D eigenvalue weighted by molar-refractivity contribution is -0.127. The average molecular weight is 356 g/mol. The first-order valence-electron chi connectivity index (χ1n) is 8.91. The van der Waals surface area contributed by atoms with Crippen LogP contribution in [0.25, 0.3) is 5.82 Å². The average Bonchev–Trinajstić information content (AvgIpc) is 3.32. The molecule has 2 aromatic heterocycles. The van der Waals surface area contributed by atoms with E-state index in [0.29, 0.717) is 25.9 Å². The normalized spacial score (nSPS) is 15.4. The summed E-state index contributed by atoms with van der Waals surface area (Å²) in [6.45, 7) is 2.70. The van der Waals surface area contributed by atoms with Crippen molar-refractivity contribution in [2.75, 3.05) is 6.54 Å². The van der Waals surface area contributed by atoms with Crippen molar-refractivity contribution >= 4 is 11.9 Å². The first-order chi connectivity index (χ1) is 12.6. The van der Waals surface area contributed by atoms with Crippen LogP contribution in [0.3, 0.4) is 0 Å². The molecule has 0 unspecified atom stereocenters. The van der Waals surface area contributed by atoms with Gasteiger partial charge in [0.1, 0.15) is 17.7 Å². The molecule has 0 atom stereocenters. The third-order valence-corrected chi connectivity index (χ3v) is 4.64. The lowest BCUT2D eigenvalue weighted by atomic mass is 9.96. The van der Waals surface area contributed by atoms with Gasteiger partial charge in [-0.25, -0.2) is 14.8 Å². The van der Waals surface area contributed by atoms with Crippen molar-refractivity contribution in [1.29, 1.82) is 0 Å². The number of imidazole rings is 1. The van der Waals surface area contributed by atoms with Crippen molar-refractivity contribution in [3.63, 3.8) is 0 Å². The van der Waals surface area contributed by atoms with E-state index in [2.05, 4.69) is 25.9 Å². The van der Waals surface area contributed by atoms with Crippen LogP contribution in [-0.4, -0.2) is 38.6 Å². The van der Waals surface area contributed by atoms with Gasteiger partial charge in [0.05, 0.1) is 0 Å². The topological polar surface area (TPSA) is 101 Å². The van der Waals surface area contributed by atoms with E-state index in [1.165, 1.54) is 0 Å². The van der Waals surface area contributed by atoms with E-state index in [4.69, 9.17) is 0 Å². The first-order valence-corrected chi connectivity index (χ1v) is 8.91. The SMILES string of the molecule is CCNC(=O)NC1(C(=O)NCc2cccnc2-n2ccnc2)CCCC1. The van der Waals surface area contributed by atoms with Gasteiger partial charge in [0.15, 0.2) is 0 Å². The summed E-state index contributed by atoms with van der Waals surface area (Å²) in [5.74, 6) is 0.573. The van der Waals surface area contributed by atoms with Crippen LogP contribution in [0.15, 0.2) is 37.1 Å². The number of nitrogens with zero attached hydrogens (tertiary/aromatic N) is 3.